The van der Waals surface area contributed by atoms with Gasteiger partial charge in [-0.25, -0.2) is 9.59 Å². The van der Waals surface area contributed by atoms with E-state index in [-0.39, 0.29) is 34.8 Å². The van der Waals surface area contributed by atoms with Crippen molar-refractivity contribution in [3.05, 3.63) is 134 Å². The standard InChI is InChI=1S/C35H38N4O6/c1-22(2)44-34(40)29-23(3)37-33(36)31(30(29)26-15-10-16-27(21-26)39(42)43)35(41)45-28-17-19-38(20-18-28)32(24-11-6-4-7-12-24)25-13-8-5-9-14-25/h4-16,21-22,28,30,32,37H,17-20,36H2,1-3H3. The maximum Gasteiger partial charge on any atom is 0.338 e. The third kappa shape index (κ3) is 7.07. The largest absolute Gasteiger partial charge is 0.460 e. The number of nitrogens with one attached hydrogen (secondary N) is 1. The maximum absolute atomic E-state index is 13.9. The van der Waals surface area contributed by atoms with Gasteiger partial charge in [-0.05, 0) is 50.3 Å². The molecule has 0 radical (unpaired) electrons. The Morgan fingerprint density at radius 1 is 0.911 bits per heavy atom. The smallest absolute Gasteiger partial charge is 0.338 e. The number of non-ortho nitro benzene ring substituents is 1. The van der Waals surface area contributed by atoms with Crippen molar-refractivity contribution in [3.8, 4) is 0 Å². The van der Waals surface area contributed by atoms with Gasteiger partial charge in [0.15, 0.2) is 0 Å². The summed E-state index contributed by atoms with van der Waals surface area (Å²) in [5.41, 5.74) is 9.52. The van der Waals surface area contributed by atoms with Gasteiger partial charge in [-0.3, -0.25) is 15.0 Å². The molecule has 10 nitrogen and oxygen atoms in total. The molecule has 10 heteroatoms. The second-order valence-electron chi connectivity index (χ2n) is 11.6. The molecule has 2 aliphatic heterocycles. The number of esters is 2. The summed E-state index contributed by atoms with van der Waals surface area (Å²) in [6.45, 7) is 6.48. The lowest BCUT2D eigenvalue weighted by atomic mass is 9.81. The van der Waals surface area contributed by atoms with Crippen LogP contribution in [0.1, 0.15) is 62.3 Å². The van der Waals surface area contributed by atoms with Crippen molar-refractivity contribution in [1.82, 2.24) is 10.2 Å². The van der Waals surface area contributed by atoms with Gasteiger partial charge in [0.25, 0.3) is 5.69 Å². The number of dihydropyridines is 1. The van der Waals surface area contributed by atoms with Crippen LogP contribution in [0.2, 0.25) is 0 Å². The van der Waals surface area contributed by atoms with Crippen molar-refractivity contribution >= 4 is 17.6 Å². The van der Waals surface area contributed by atoms with E-state index in [1.165, 1.54) is 29.3 Å². The summed E-state index contributed by atoms with van der Waals surface area (Å²) >= 11 is 0. The van der Waals surface area contributed by atoms with Crippen LogP contribution in [-0.2, 0) is 19.1 Å². The van der Waals surface area contributed by atoms with Crippen molar-refractivity contribution in [3.63, 3.8) is 0 Å². The number of piperidine rings is 1. The number of likely N-dealkylation sites (tertiary alicyclic amines) is 1. The molecule has 2 heterocycles. The number of ether oxygens (including phenoxy) is 2. The monoisotopic (exact) mass is 610 g/mol. The average molecular weight is 611 g/mol. The van der Waals surface area contributed by atoms with Crippen LogP contribution in [-0.4, -0.2) is 47.1 Å². The highest BCUT2D eigenvalue weighted by atomic mass is 16.6. The van der Waals surface area contributed by atoms with E-state index in [1.54, 1.807) is 26.8 Å². The molecular formula is C35H38N4O6. The quantitative estimate of drug-likeness (QED) is 0.183. The molecule has 2 aliphatic rings. The van der Waals surface area contributed by atoms with Crippen molar-refractivity contribution in [1.29, 1.82) is 0 Å². The van der Waals surface area contributed by atoms with Crippen LogP contribution < -0.4 is 11.1 Å². The Hall–Kier alpha value is -4.96. The molecule has 1 saturated heterocycles. The zero-order chi connectivity index (χ0) is 32.1. The normalized spacial score (nSPS) is 17.8. The minimum atomic E-state index is -1.02. The van der Waals surface area contributed by atoms with Gasteiger partial charge in [-0.15, -0.1) is 0 Å². The fourth-order valence-corrected chi connectivity index (χ4v) is 6.13. The van der Waals surface area contributed by atoms with Crippen molar-refractivity contribution in [2.24, 2.45) is 5.73 Å². The number of benzene rings is 3. The third-order valence-electron chi connectivity index (χ3n) is 8.14. The van der Waals surface area contributed by atoms with E-state index >= 15 is 0 Å². The zero-order valence-electron chi connectivity index (χ0n) is 25.6. The first-order valence-corrected chi connectivity index (χ1v) is 15.1. The maximum atomic E-state index is 13.9. The van der Waals surface area contributed by atoms with Crippen LogP contribution in [0.4, 0.5) is 5.69 Å². The Labute approximate surface area is 262 Å². The highest BCUT2D eigenvalue weighted by Crippen LogP contribution is 2.40. The SMILES string of the molecule is CC1=C(C(=O)OC(C)C)C(c2cccc([N+](=O)[O-])c2)C(C(=O)OC2CCN(C(c3ccccc3)c3ccccc3)CC2)=C(N)N1. The van der Waals surface area contributed by atoms with Crippen LogP contribution in [0.15, 0.2) is 108 Å². The average Bonchev–Trinajstić information content (AvgIpc) is 3.02. The van der Waals surface area contributed by atoms with Crippen LogP contribution >= 0.6 is 0 Å². The van der Waals surface area contributed by atoms with E-state index in [0.717, 1.165) is 0 Å². The van der Waals surface area contributed by atoms with Gasteiger partial charge >= 0.3 is 11.9 Å². The molecule has 234 valence electrons. The number of nitro groups is 1. The number of nitrogens with two attached hydrogens (primary N) is 1. The van der Waals surface area contributed by atoms with Gasteiger partial charge in [-0.2, -0.15) is 0 Å². The molecule has 0 spiro atoms. The van der Waals surface area contributed by atoms with E-state index < -0.39 is 28.9 Å². The Bertz CT molecular complexity index is 1570. The molecule has 45 heavy (non-hydrogen) atoms. The zero-order valence-corrected chi connectivity index (χ0v) is 25.6. The first kappa shape index (κ1) is 31.5. The number of rotatable bonds is 9. The number of nitrogens with zero attached hydrogens (tertiary/aromatic N) is 2. The minimum absolute atomic E-state index is 0.0191. The van der Waals surface area contributed by atoms with E-state index in [9.17, 15) is 19.7 Å². The predicted octanol–water partition coefficient (Wildman–Crippen LogP) is 5.47. The first-order chi connectivity index (χ1) is 21.6. The molecular weight excluding hydrogens is 572 g/mol. The molecule has 0 bridgehead atoms. The van der Waals surface area contributed by atoms with E-state index in [0.29, 0.717) is 37.2 Å². The number of carbonyl (C=O) groups excluding carboxylic acids is 2. The molecule has 0 aliphatic carbocycles. The summed E-state index contributed by atoms with van der Waals surface area (Å²) < 4.78 is 11.6. The summed E-state index contributed by atoms with van der Waals surface area (Å²) in [5, 5.41) is 14.6. The van der Waals surface area contributed by atoms with Gasteiger partial charge in [0.2, 0.25) is 0 Å². The van der Waals surface area contributed by atoms with E-state index in [2.05, 4.69) is 34.5 Å². The molecule has 5 rings (SSSR count). The summed E-state index contributed by atoms with van der Waals surface area (Å²) in [5.74, 6) is -2.32. The molecule has 3 aromatic carbocycles. The fourth-order valence-electron chi connectivity index (χ4n) is 6.13. The van der Waals surface area contributed by atoms with Gasteiger partial charge in [0, 0.05) is 30.9 Å². The third-order valence-corrected chi connectivity index (χ3v) is 8.14. The number of nitro benzene ring substituents is 1. The second kappa shape index (κ2) is 13.8. The molecule has 1 unspecified atom stereocenters. The minimum Gasteiger partial charge on any atom is -0.460 e. The predicted molar refractivity (Wildman–Crippen MR) is 170 cm³/mol. The lowest BCUT2D eigenvalue weighted by molar-refractivity contribution is -0.384. The molecule has 0 saturated carbocycles. The number of allylic oxidation sites excluding steroid dienone is 1. The topological polar surface area (TPSA) is 137 Å². The molecule has 3 N–H and O–H groups in total. The first-order valence-electron chi connectivity index (χ1n) is 15.1. The molecule has 3 aromatic rings. The van der Waals surface area contributed by atoms with E-state index in [1.807, 2.05) is 36.4 Å². The van der Waals surface area contributed by atoms with Gasteiger partial charge in [0.05, 0.1) is 34.1 Å². The Morgan fingerprint density at radius 3 is 2.07 bits per heavy atom. The summed E-state index contributed by atoms with van der Waals surface area (Å²) in [7, 11) is 0. The van der Waals surface area contributed by atoms with Gasteiger partial charge < -0.3 is 20.5 Å². The van der Waals surface area contributed by atoms with Gasteiger partial charge in [-0.1, -0.05) is 72.8 Å². The van der Waals surface area contributed by atoms with Crippen LogP contribution in [0.25, 0.3) is 0 Å². The summed E-state index contributed by atoms with van der Waals surface area (Å²) in [4.78, 5) is 40.7. The van der Waals surface area contributed by atoms with Crippen molar-refractivity contribution < 1.29 is 24.0 Å². The van der Waals surface area contributed by atoms with Crippen LogP contribution in [0.3, 0.4) is 0 Å². The Balaban J connectivity index is 1.39. The second-order valence-corrected chi connectivity index (χ2v) is 11.6. The lowest BCUT2D eigenvalue weighted by Gasteiger charge is -2.38. The Kier molecular flexibility index (Phi) is 9.63. The van der Waals surface area contributed by atoms with Crippen molar-refractivity contribution in [2.45, 2.75) is 57.8 Å². The van der Waals surface area contributed by atoms with Crippen molar-refractivity contribution in [2.75, 3.05) is 13.1 Å². The fraction of sp³-hybridized carbons (Fsp3) is 0.314. The molecule has 1 fully saturated rings. The van der Waals surface area contributed by atoms with Gasteiger partial charge in [0.1, 0.15) is 11.9 Å². The Morgan fingerprint density at radius 2 is 1.51 bits per heavy atom. The highest BCUT2D eigenvalue weighted by Gasteiger charge is 2.40. The number of hydrogen-bond acceptors (Lipinski definition) is 9. The molecule has 0 aromatic heterocycles. The lowest BCUT2D eigenvalue weighted by Crippen LogP contribution is -2.42. The van der Waals surface area contributed by atoms with Crippen LogP contribution in [0.5, 0.6) is 0 Å². The number of hydrogen-bond donors (Lipinski definition) is 2. The summed E-state index contributed by atoms with van der Waals surface area (Å²) in [6.07, 6.45) is 0.385. The van der Waals surface area contributed by atoms with E-state index in [4.69, 9.17) is 15.2 Å². The highest BCUT2D eigenvalue weighted by molar-refractivity contribution is 6.00. The molecule has 0 amide bonds. The summed E-state index contributed by atoms with van der Waals surface area (Å²) in [6, 6.07) is 26.6. The molecule has 1 atom stereocenters. The number of carbonyl (C=O) groups is 2. The van der Waals surface area contributed by atoms with Crippen LogP contribution in [0, 0.1) is 10.1 Å².